The Bertz CT molecular complexity index is 1190. The Morgan fingerprint density at radius 2 is 1.85 bits per heavy atom. The lowest BCUT2D eigenvalue weighted by atomic mass is 10.1. The number of carbonyl (C=O) groups is 1. The highest BCUT2D eigenvalue weighted by molar-refractivity contribution is 6.00. The molecule has 0 spiro atoms. The van der Waals surface area contributed by atoms with Gasteiger partial charge in [0.1, 0.15) is 0 Å². The van der Waals surface area contributed by atoms with Crippen LogP contribution in [-0.2, 0) is 7.05 Å². The van der Waals surface area contributed by atoms with Crippen LogP contribution in [0.2, 0.25) is 0 Å². The van der Waals surface area contributed by atoms with Gasteiger partial charge in [0.25, 0.3) is 5.91 Å². The summed E-state index contributed by atoms with van der Waals surface area (Å²) in [6.07, 6.45) is 0. The molecule has 0 fully saturated rings. The highest BCUT2D eigenvalue weighted by Gasteiger charge is 2.15. The van der Waals surface area contributed by atoms with E-state index in [2.05, 4.69) is 15.2 Å². The van der Waals surface area contributed by atoms with Crippen LogP contribution in [0.3, 0.4) is 0 Å². The van der Waals surface area contributed by atoms with Crippen LogP contribution < -0.4 is 0 Å². The van der Waals surface area contributed by atoms with Crippen molar-refractivity contribution >= 4 is 33.4 Å². The molecule has 0 aliphatic carbocycles. The van der Waals surface area contributed by atoms with Gasteiger partial charge in [-0.05, 0) is 25.1 Å². The van der Waals surface area contributed by atoms with Crippen LogP contribution in [0.15, 0.2) is 64.8 Å². The molecule has 4 aromatic rings. The third-order valence-corrected chi connectivity index (χ3v) is 4.44. The smallest absolute Gasteiger partial charge is 0.297 e. The SMILES string of the molecule is Cc1nc2ccccc2cc1C(=O)N=Nc1c(O)n(C)c2ccccc12. The largest absolute Gasteiger partial charge is 0.493 e. The zero-order valence-corrected chi connectivity index (χ0v) is 14.3. The van der Waals surface area contributed by atoms with Crippen LogP contribution in [0.4, 0.5) is 5.69 Å². The third kappa shape index (κ3) is 2.52. The standard InChI is InChI=1S/C20H16N4O2/c1-12-15(11-13-7-3-5-9-16(13)21-12)19(25)23-22-18-14-8-4-6-10-17(14)24(2)20(18)26/h3-11,26H,1-2H3. The topological polar surface area (TPSA) is 79.8 Å². The monoisotopic (exact) mass is 344 g/mol. The molecular weight excluding hydrogens is 328 g/mol. The third-order valence-electron chi connectivity index (χ3n) is 4.44. The number of hydrogen-bond acceptors (Lipinski definition) is 4. The molecule has 2 aromatic carbocycles. The van der Waals surface area contributed by atoms with E-state index in [0.717, 1.165) is 21.8 Å². The summed E-state index contributed by atoms with van der Waals surface area (Å²) in [6.45, 7) is 1.77. The molecule has 6 nitrogen and oxygen atoms in total. The molecule has 2 aromatic heterocycles. The van der Waals surface area contributed by atoms with Crippen molar-refractivity contribution in [2.75, 3.05) is 0 Å². The minimum atomic E-state index is -0.493. The number of carbonyl (C=O) groups excluding carboxylic acids is 1. The van der Waals surface area contributed by atoms with Gasteiger partial charge in [0.15, 0.2) is 5.69 Å². The molecule has 1 N–H and O–H groups in total. The first-order valence-electron chi connectivity index (χ1n) is 8.15. The Morgan fingerprint density at radius 3 is 2.69 bits per heavy atom. The van der Waals surface area contributed by atoms with Crippen LogP contribution in [-0.4, -0.2) is 20.6 Å². The molecule has 1 amide bonds. The fourth-order valence-electron chi connectivity index (χ4n) is 3.04. The summed E-state index contributed by atoms with van der Waals surface area (Å²) in [6, 6.07) is 16.8. The van der Waals surface area contributed by atoms with Gasteiger partial charge in [-0.3, -0.25) is 9.78 Å². The molecule has 6 heteroatoms. The van der Waals surface area contributed by atoms with Crippen LogP contribution in [0.1, 0.15) is 16.1 Å². The molecule has 0 unspecified atom stereocenters. The average molecular weight is 344 g/mol. The molecular formula is C20H16N4O2. The first-order chi connectivity index (χ1) is 12.6. The van der Waals surface area contributed by atoms with E-state index in [1.54, 1.807) is 24.6 Å². The van der Waals surface area contributed by atoms with Crippen molar-refractivity contribution in [1.82, 2.24) is 9.55 Å². The van der Waals surface area contributed by atoms with E-state index in [4.69, 9.17) is 0 Å². The Morgan fingerprint density at radius 1 is 1.12 bits per heavy atom. The lowest BCUT2D eigenvalue weighted by Crippen LogP contribution is -2.00. The van der Waals surface area contributed by atoms with E-state index in [1.165, 1.54) is 0 Å². The molecule has 0 aliphatic heterocycles. The molecule has 0 saturated carbocycles. The zero-order chi connectivity index (χ0) is 18.3. The highest BCUT2D eigenvalue weighted by atomic mass is 16.3. The number of rotatable bonds is 2. The molecule has 0 bridgehead atoms. The minimum absolute atomic E-state index is 0.0314. The second kappa shape index (κ2) is 6.07. The number of hydrogen-bond donors (Lipinski definition) is 1. The van der Waals surface area contributed by atoms with E-state index in [9.17, 15) is 9.90 Å². The lowest BCUT2D eigenvalue weighted by molar-refractivity contribution is 0.0994. The van der Waals surface area contributed by atoms with E-state index in [1.807, 2.05) is 48.5 Å². The number of amides is 1. The maximum Gasteiger partial charge on any atom is 0.297 e. The van der Waals surface area contributed by atoms with Gasteiger partial charge in [0.05, 0.1) is 22.3 Å². The number of aromatic hydroxyl groups is 1. The van der Waals surface area contributed by atoms with E-state index < -0.39 is 5.91 Å². The summed E-state index contributed by atoms with van der Waals surface area (Å²) >= 11 is 0. The van der Waals surface area contributed by atoms with Gasteiger partial charge >= 0.3 is 0 Å². The Hall–Kier alpha value is -3.54. The van der Waals surface area contributed by atoms with Crippen molar-refractivity contribution in [3.63, 3.8) is 0 Å². The molecule has 26 heavy (non-hydrogen) atoms. The number of pyridine rings is 1. The predicted molar refractivity (Wildman–Crippen MR) is 99.9 cm³/mol. The van der Waals surface area contributed by atoms with E-state index >= 15 is 0 Å². The Labute approximate surface area is 149 Å². The fourth-order valence-corrected chi connectivity index (χ4v) is 3.04. The van der Waals surface area contributed by atoms with Gasteiger partial charge in [-0.1, -0.05) is 36.4 Å². The van der Waals surface area contributed by atoms with Gasteiger partial charge in [0, 0.05) is 17.8 Å². The predicted octanol–water partition coefficient (Wildman–Crippen LogP) is 4.66. The second-order valence-corrected chi connectivity index (χ2v) is 6.07. The molecule has 0 aliphatic rings. The summed E-state index contributed by atoms with van der Waals surface area (Å²) in [7, 11) is 1.73. The van der Waals surface area contributed by atoms with Crippen molar-refractivity contribution in [1.29, 1.82) is 0 Å². The van der Waals surface area contributed by atoms with Crippen molar-refractivity contribution in [3.05, 3.63) is 65.9 Å². The normalized spacial score (nSPS) is 11.6. The van der Waals surface area contributed by atoms with Crippen molar-refractivity contribution < 1.29 is 9.90 Å². The summed E-state index contributed by atoms with van der Waals surface area (Å²) in [5, 5.41) is 19.7. The van der Waals surface area contributed by atoms with Gasteiger partial charge in [-0.15, -0.1) is 10.2 Å². The average Bonchev–Trinajstić information content (AvgIpc) is 2.90. The number of azo groups is 1. The van der Waals surface area contributed by atoms with Crippen molar-refractivity contribution in [3.8, 4) is 5.88 Å². The molecule has 0 saturated heterocycles. The molecule has 2 heterocycles. The summed E-state index contributed by atoms with van der Waals surface area (Å²) in [5.74, 6) is -0.524. The number of benzene rings is 2. The maximum atomic E-state index is 12.5. The number of nitrogens with zero attached hydrogens (tertiary/aromatic N) is 4. The minimum Gasteiger partial charge on any atom is -0.493 e. The van der Waals surface area contributed by atoms with E-state index in [-0.39, 0.29) is 11.6 Å². The molecule has 128 valence electrons. The molecule has 0 atom stereocenters. The first-order valence-corrected chi connectivity index (χ1v) is 8.15. The van der Waals surface area contributed by atoms with Gasteiger partial charge < -0.3 is 9.67 Å². The van der Waals surface area contributed by atoms with Crippen LogP contribution in [0.25, 0.3) is 21.8 Å². The van der Waals surface area contributed by atoms with Crippen LogP contribution in [0.5, 0.6) is 5.88 Å². The van der Waals surface area contributed by atoms with Crippen molar-refractivity contribution in [2.45, 2.75) is 6.92 Å². The van der Waals surface area contributed by atoms with E-state index in [0.29, 0.717) is 11.3 Å². The highest BCUT2D eigenvalue weighted by Crippen LogP contribution is 2.37. The Kier molecular flexibility index (Phi) is 3.73. The molecule has 4 rings (SSSR count). The van der Waals surface area contributed by atoms with Crippen LogP contribution in [0, 0.1) is 6.92 Å². The summed E-state index contributed by atoms with van der Waals surface area (Å²) in [4.78, 5) is 17.0. The van der Waals surface area contributed by atoms with Crippen LogP contribution >= 0.6 is 0 Å². The van der Waals surface area contributed by atoms with Gasteiger partial charge in [-0.2, -0.15) is 0 Å². The summed E-state index contributed by atoms with van der Waals surface area (Å²) < 4.78 is 1.61. The maximum absolute atomic E-state index is 12.5. The lowest BCUT2D eigenvalue weighted by Gasteiger charge is -2.03. The molecule has 0 radical (unpaired) electrons. The zero-order valence-electron chi connectivity index (χ0n) is 14.3. The quantitative estimate of drug-likeness (QED) is 0.537. The van der Waals surface area contributed by atoms with Gasteiger partial charge in [0.2, 0.25) is 5.88 Å². The Balaban J connectivity index is 1.75. The number of aromatic nitrogens is 2. The second-order valence-electron chi connectivity index (χ2n) is 6.07. The number of para-hydroxylation sites is 2. The number of fused-ring (bicyclic) bond motifs is 2. The van der Waals surface area contributed by atoms with Gasteiger partial charge in [-0.25, -0.2) is 0 Å². The first kappa shape index (κ1) is 16.0. The van der Waals surface area contributed by atoms with Crippen molar-refractivity contribution in [2.24, 2.45) is 17.3 Å². The fraction of sp³-hybridized carbons (Fsp3) is 0.100. The summed E-state index contributed by atoms with van der Waals surface area (Å²) in [5.41, 5.74) is 2.91. The number of aryl methyl sites for hydroxylation is 2.